The zero-order chi connectivity index (χ0) is 21.2. The van der Waals surface area contributed by atoms with Crippen LogP contribution in [0.4, 0.5) is 5.82 Å². The topological polar surface area (TPSA) is 58.1 Å². The predicted molar refractivity (Wildman–Crippen MR) is 124 cm³/mol. The van der Waals surface area contributed by atoms with Crippen LogP contribution in [0.2, 0.25) is 0 Å². The Balaban J connectivity index is 1.35. The van der Waals surface area contributed by atoms with Gasteiger partial charge in [0.25, 0.3) is 5.91 Å². The van der Waals surface area contributed by atoms with Gasteiger partial charge in [-0.25, -0.2) is 4.98 Å². The molecule has 1 aliphatic rings. The molecule has 1 atom stereocenters. The Morgan fingerprint density at radius 2 is 1.74 bits per heavy atom. The van der Waals surface area contributed by atoms with Crippen LogP contribution in [0.5, 0.6) is 0 Å². The minimum Gasteiger partial charge on any atom is -0.364 e. The molecule has 1 N–H and O–H groups in total. The number of para-hydroxylation sites is 2. The van der Waals surface area contributed by atoms with Crippen LogP contribution in [-0.2, 0) is 0 Å². The quantitative estimate of drug-likeness (QED) is 0.520. The van der Waals surface area contributed by atoms with E-state index in [2.05, 4.69) is 27.4 Å². The molecule has 0 spiro atoms. The number of nitrogens with one attached hydrogen (secondary N) is 1. The molecule has 5 rings (SSSR count). The molecule has 5 nitrogen and oxygen atoms in total. The summed E-state index contributed by atoms with van der Waals surface area (Å²) in [6.45, 7) is 3.38. The average molecular weight is 409 g/mol. The molecule has 1 fully saturated rings. The van der Waals surface area contributed by atoms with Gasteiger partial charge in [-0.3, -0.25) is 9.78 Å². The highest BCUT2D eigenvalue weighted by Gasteiger charge is 2.29. The molecule has 0 bridgehead atoms. The number of nitrogens with zero attached hydrogens (tertiary/aromatic N) is 3. The first-order chi connectivity index (χ1) is 15.2. The lowest BCUT2D eigenvalue weighted by molar-refractivity contribution is 0.0791. The number of carbonyl (C=O) groups excluding carboxylic acids is 1. The fourth-order valence-electron chi connectivity index (χ4n) is 4.27. The van der Waals surface area contributed by atoms with Crippen molar-refractivity contribution in [2.45, 2.75) is 19.4 Å². The molecule has 0 radical (unpaired) electrons. The van der Waals surface area contributed by atoms with E-state index in [-0.39, 0.29) is 11.9 Å². The number of aryl methyl sites for hydroxylation is 1. The number of fused-ring (bicyclic) bond motifs is 1. The second-order valence-corrected chi connectivity index (χ2v) is 7.99. The Morgan fingerprint density at radius 3 is 2.58 bits per heavy atom. The van der Waals surface area contributed by atoms with E-state index >= 15 is 0 Å². The van der Waals surface area contributed by atoms with Crippen LogP contribution in [-0.4, -0.2) is 39.9 Å². The van der Waals surface area contributed by atoms with Crippen molar-refractivity contribution in [3.63, 3.8) is 0 Å². The maximum Gasteiger partial charge on any atom is 0.254 e. The highest BCUT2D eigenvalue weighted by atomic mass is 16.2. The molecule has 0 saturated carbocycles. The van der Waals surface area contributed by atoms with Crippen LogP contribution >= 0.6 is 0 Å². The Kier molecular flexibility index (Phi) is 5.08. The monoisotopic (exact) mass is 408 g/mol. The summed E-state index contributed by atoms with van der Waals surface area (Å²) >= 11 is 0. The Labute approximate surface area is 181 Å². The maximum atomic E-state index is 13.5. The maximum absolute atomic E-state index is 13.5. The summed E-state index contributed by atoms with van der Waals surface area (Å²) in [6, 6.07) is 24.2. The van der Waals surface area contributed by atoms with E-state index in [0.29, 0.717) is 6.54 Å². The van der Waals surface area contributed by atoms with Gasteiger partial charge in [0.2, 0.25) is 0 Å². The lowest BCUT2D eigenvalue weighted by Gasteiger charge is -2.21. The number of hydrogen-bond acceptors (Lipinski definition) is 4. The fourth-order valence-corrected chi connectivity index (χ4v) is 4.27. The van der Waals surface area contributed by atoms with Gasteiger partial charge in [-0.15, -0.1) is 0 Å². The summed E-state index contributed by atoms with van der Waals surface area (Å²) in [6.07, 6.45) is 2.65. The number of rotatable bonds is 4. The SMILES string of the molecule is Cc1cccc(-c2ccccc2)c1C(=O)N1CCC(Nc2cnc3ccccc3n2)C1. The van der Waals surface area contributed by atoms with Crippen molar-refractivity contribution in [3.05, 3.63) is 90.1 Å². The summed E-state index contributed by atoms with van der Waals surface area (Å²) < 4.78 is 0. The molecule has 3 aromatic carbocycles. The number of benzene rings is 3. The summed E-state index contributed by atoms with van der Waals surface area (Å²) in [7, 11) is 0. The molecule has 1 unspecified atom stereocenters. The van der Waals surface area contributed by atoms with Gasteiger partial charge in [0.05, 0.1) is 22.8 Å². The molecule has 31 heavy (non-hydrogen) atoms. The van der Waals surface area contributed by atoms with Gasteiger partial charge in [-0.2, -0.15) is 0 Å². The molecule has 1 aromatic heterocycles. The molecule has 5 heteroatoms. The molecule has 2 heterocycles. The first-order valence-corrected chi connectivity index (χ1v) is 10.6. The third-order valence-electron chi connectivity index (χ3n) is 5.85. The second-order valence-electron chi connectivity index (χ2n) is 7.99. The first-order valence-electron chi connectivity index (χ1n) is 10.6. The van der Waals surface area contributed by atoms with E-state index in [1.165, 1.54) is 0 Å². The number of anilines is 1. The fraction of sp³-hybridized carbons (Fsp3) is 0.192. The molecule has 1 saturated heterocycles. The van der Waals surface area contributed by atoms with Crippen molar-refractivity contribution in [1.29, 1.82) is 0 Å². The molecule has 1 amide bonds. The van der Waals surface area contributed by atoms with Crippen molar-refractivity contribution in [1.82, 2.24) is 14.9 Å². The number of likely N-dealkylation sites (tertiary alicyclic amines) is 1. The Bertz CT molecular complexity index is 1240. The minimum absolute atomic E-state index is 0.0887. The van der Waals surface area contributed by atoms with Gasteiger partial charge < -0.3 is 10.2 Å². The summed E-state index contributed by atoms with van der Waals surface area (Å²) in [5, 5.41) is 3.46. The van der Waals surface area contributed by atoms with Gasteiger partial charge in [0, 0.05) is 19.1 Å². The second kappa shape index (κ2) is 8.19. The third kappa shape index (κ3) is 3.87. The third-order valence-corrected chi connectivity index (χ3v) is 5.85. The van der Waals surface area contributed by atoms with Gasteiger partial charge in [-0.1, -0.05) is 60.7 Å². The van der Waals surface area contributed by atoms with Crippen molar-refractivity contribution >= 4 is 22.8 Å². The van der Waals surface area contributed by atoms with Crippen molar-refractivity contribution in [2.24, 2.45) is 0 Å². The molecule has 154 valence electrons. The Hall–Kier alpha value is -3.73. The van der Waals surface area contributed by atoms with Crippen LogP contribution in [0.15, 0.2) is 79.0 Å². The molecule has 0 aliphatic carbocycles. The Morgan fingerprint density at radius 1 is 0.968 bits per heavy atom. The molecule has 4 aromatic rings. The summed E-state index contributed by atoms with van der Waals surface area (Å²) in [5.41, 5.74) is 5.59. The van der Waals surface area contributed by atoms with Gasteiger partial charge >= 0.3 is 0 Å². The van der Waals surface area contributed by atoms with Gasteiger partial charge in [0.15, 0.2) is 0 Å². The normalized spacial score (nSPS) is 15.9. The van der Waals surface area contributed by atoms with E-state index in [0.717, 1.165) is 52.1 Å². The zero-order valence-corrected chi connectivity index (χ0v) is 17.5. The van der Waals surface area contributed by atoms with Gasteiger partial charge in [-0.05, 0) is 42.2 Å². The zero-order valence-electron chi connectivity index (χ0n) is 17.5. The molecular weight excluding hydrogens is 384 g/mol. The van der Waals surface area contributed by atoms with Crippen LogP contribution in [0.1, 0.15) is 22.3 Å². The van der Waals surface area contributed by atoms with E-state index in [9.17, 15) is 4.79 Å². The lowest BCUT2D eigenvalue weighted by Crippen LogP contribution is -2.32. The number of carbonyl (C=O) groups is 1. The summed E-state index contributed by atoms with van der Waals surface area (Å²) in [5.74, 6) is 0.838. The van der Waals surface area contributed by atoms with Crippen molar-refractivity contribution in [3.8, 4) is 11.1 Å². The van der Waals surface area contributed by atoms with E-state index in [4.69, 9.17) is 0 Å². The number of aromatic nitrogens is 2. The number of hydrogen-bond donors (Lipinski definition) is 1. The number of amides is 1. The van der Waals surface area contributed by atoms with Crippen molar-refractivity contribution in [2.75, 3.05) is 18.4 Å². The average Bonchev–Trinajstić information content (AvgIpc) is 3.27. The first kappa shape index (κ1) is 19.2. The summed E-state index contributed by atoms with van der Waals surface area (Å²) in [4.78, 5) is 24.6. The highest BCUT2D eigenvalue weighted by Crippen LogP contribution is 2.28. The van der Waals surface area contributed by atoms with Crippen molar-refractivity contribution < 1.29 is 4.79 Å². The van der Waals surface area contributed by atoms with Crippen LogP contribution in [0.3, 0.4) is 0 Å². The molecular formula is C26H24N4O. The van der Waals surface area contributed by atoms with E-state index in [1.807, 2.05) is 72.5 Å². The van der Waals surface area contributed by atoms with Crippen LogP contribution in [0.25, 0.3) is 22.2 Å². The minimum atomic E-state index is 0.0887. The van der Waals surface area contributed by atoms with Crippen LogP contribution < -0.4 is 5.32 Å². The smallest absolute Gasteiger partial charge is 0.254 e. The molecule has 1 aliphatic heterocycles. The lowest BCUT2D eigenvalue weighted by atomic mass is 9.95. The predicted octanol–water partition coefficient (Wildman–Crippen LogP) is 4.93. The standard InChI is InChI=1S/C26H24N4O/c1-18-8-7-11-21(19-9-3-2-4-10-19)25(18)26(31)30-15-14-20(17-30)28-24-16-27-22-12-5-6-13-23(22)29-24/h2-13,16,20H,14-15,17H2,1H3,(H,28,29). The van der Waals surface area contributed by atoms with E-state index in [1.54, 1.807) is 6.20 Å². The highest BCUT2D eigenvalue weighted by molar-refractivity contribution is 6.02. The largest absolute Gasteiger partial charge is 0.364 e. The van der Waals surface area contributed by atoms with Crippen LogP contribution in [0, 0.1) is 6.92 Å². The van der Waals surface area contributed by atoms with Gasteiger partial charge in [0.1, 0.15) is 5.82 Å². The van der Waals surface area contributed by atoms with E-state index < -0.39 is 0 Å².